The van der Waals surface area contributed by atoms with Gasteiger partial charge in [-0.2, -0.15) is 19.8 Å². The minimum atomic E-state index is -0.218. The summed E-state index contributed by atoms with van der Waals surface area (Å²) in [6.07, 6.45) is 1.62. The molecular formula is C7H9N5S. The maximum absolute atomic E-state index is 5.92. The van der Waals surface area contributed by atoms with Crippen molar-refractivity contribution >= 4 is 11.5 Å². The van der Waals surface area contributed by atoms with Crippen LogP contribution in [-0.2, 0) is 0 Å². The highest BCUT2D eigenvalue weighted by Crippen LogP contribution is 2.21. The molecule has 0 aliphatic carbocycles. The molecule has 2 aromatic heterocycles. The Hall–Kier alpha value is -1.27. The Balaban J connectivity index is 2.28. The second kappa shape index (κ2) is 3.23. The van der Waals surface area contributed by atoms with Crippen molar-refractivity contribution in [2.24, 2.45) is 5.73 Å². The summed E-state index contributed by atoms with van der Waals surface area (Å²) in [6, 6.07) is 1.74. The van der Waals surface area contributed by atoms with Crippen LogP contribution in [0.3, 0.4) is 0 Å². The number of hydrogen-bond acceptors (Lipinski definition) is 5. The van der Waals surface area contributed by atoms with E-state index in [2.05, 4.69) is 19.8 Å². The van der Waals surface area contributed by atoms with Crippen LogP contribution < -0.4 is 5.73 Å². The van der Waals surface area contributed by atoms with Crippen LogP contribution in [0.4, 0.5) is 0 Å². The lowest BCUT2D eigenvalue weighted by Gasteiger charge is -2.02. The average molecular weight is 195 g/mol. The minimum absolute atomic E-state index is 0.218. The molecule has 0 radical (unpaired) electrons. The predicted molar refractivity (Wildman–Crippen MR) is 49.3 cm³/mol. The molecule has 0 amide bonds. The first kappa shape index (κ1) is 8.33. The third-order valence-electron chi connectivity index (χ3n) is 1.71. The maximum atomic E-state index is 5.92. The van der Waals surface area contributed by atoms with Gasteiger partial charge in [-0.1, -0.05) is 0 Å². The van der Waals surface area contributed by atoms with Gasteiger partial charge in [-0.25, -0.2) is 0 Å². The zero-order chi connectivity index (χ0) is 9.26. The van der Waals surface area contributed by atoms with E-state index in [1.165, 1.54) is 11.5 Å². The molecule has 0 aliphatic rings. The van der Waals surface area contributed by atoms with Crippen molar-refractivity contribution in [3.05, 3.63) is 28.5 Å². The number of nitrogens with two attached hydrogens (primary N) is 1. The normalized spacial score (nSPS) is 13.1. The fraction of sp³-hybridized carbons (Fsp3) is 0.286. The van der Waals surface area contributed by atoms with Crippen molar-refractivity contribution in [2.45, 2.75) is 13.0 Å². The molecule has 2 rings (SSSR count). The lowest BCUT2D eigenvalue weighted by Crippen LogP contribution is -2.10. The zero-order valence-electron chi connectivity index (χ0n) is 7.06. The molecule has 0 bridgehead atoms. The number of H-pyrrole nitrogens is 1. The molecule has 2 aromatic rings. The monoisotopic (exact) mass is 195 g/mol. The van der Waals surface area contributed by atoms with Crippen molar-refractivity contribution in [1.82, 2.24) is 19.8 Å². The topological polar surface area (TPSA) is 80.5 Å². The highest BCUT2D eigenvalue weighted by Gasteiger charge is 2.13. The summed E-state index contributed by atoms with van der Waals surface area (Å²) in [6.45, 7) is 1.94. The van der Waals surface area contributed by atoms with E-state index >= 15 is 0 Å². The minimum Gasteiger partial charge on any atom is -0.318 e. The highest BCUT2D eigenvalue weighted by atomic mass is 32.1. The molecule has 0 saturated heterocycles. The molecule has 5 nitrogen and oxygen atoms in total. The van der Waals surface area contributed by atoms with Crippen molar-refractivity contribution in [2.75, 3.05) is 0 Å². The van der Waals surface area contributed by atoms with Gasteiger partial charge >= 0.3 is 0 Å². The predicted octanol–water partition coefficient (Wildman–Crippen LogP) is 0.618. The first-order valence-electron chi connectivity index (χ1n) is 3.82. The quantitative estimate of drug-likeness (QED) is 0.736. The second-order valence-corrected chi connectivity index (χ2v) is 3.58. The molecule has 0 spiro atoms. The van der Waals surface area contributed by atoms with E-state index in [4.69, 9.17) is 5.73 Å². The van der Waals surface area contributed by atoms with Gasteiger partial charge in [0.25, 0.3) is 0 Å². The Bertz CT molecular complexity index is 379. The largest absolute Gasteiger partial charge is 0.318 e. The molecule has 6 heteroatoms. The van der Waals surface area contributed by atoms with Crippen LogP contribution >= 0.6 is 11.5 Å². The number of aromatic nitrogens is 4. The third-order valence-corrected chi connectivity index (χ3v) is 2.67. The van der Waals surface area contributed by atoms with Gasteiger partial charge in [0.2, 0.25) is 0 Å². The number of nitrogens with one attached hydrogen (secondary N) is 1. The van der Waals surface area contributed by atoms with Gasteiger partial charge in [0, 0.05) is 4.88 Å². The van der Waals surface area contributed by atoms with Crippen LogP contribution in [0.2, 0.25) is 0 Å². The summed E-state index contributed by atoms with van der Waals surface area (Å²) in [7, 11) is 0. The standard InChI is InChI=1S/C7H9N5S/c1-4-2-6(13-11-4)7(8)5-3-9-12-10-5/h2-3,7H,8H2,1H3,(H,9,10,12). The molecule has 68 valence electrons. The molecule has 2 heterocycles. The average Bonchev–Trinajstić information content (AvgIpc) is 2.72. The Morgan fingerprint density at radius 2 is 2.46 bits per heavy atom. The molecule has 13 heavy (non-hydrogen) atoms. The molecule has 0 fully saturated rings. The van der Waals surface area contributed by atoms with E-state index in [1.807, 2.05) is 13.0 Å². The van der Waals surface area contributed by atoms with Crippen LogP contribution in [0.25, 0.3) is 0 Å². The van der Waals surface area contributed by atoms with Gasteiger partial charge in [0.15, 0.2) is 0 Å². The molecule has 0 aliphatic heterocycles. The first-order valence-corrected chi connectivity index (χ1v) is 4.59. The lowest BCUT2D eigenvalue weighted by molar-refractivity contribution is 0.823. The Morgan fingerprint density at radius 1 is 1.62 bits per heavy atom. The van der Waals surface area contributed by atoms with E-state index in [0.29, 0.717) is 0 Å². The zero-order valence-corrected chi connectivity index (χ0v) is 7.88. The third kappa shape index (κ3) is 1.58. The van der Waals surface area contributed by atoms with Crippen LogP contribution in [0, 0.1) is 6.92 Å². The number of aromatic amines is 1. The van der Waals surface area contributed by atoms with Gasteiger partial charge in [-0.05, 0) is 24.5 Å². The van der Waals surface area contributed by atoms with Crippen LogP contribution in [0.1, 0.15) is 22.3 Å². The molecule has 1 atom stereocenters. The van der Waals surface area contributed by atoms with E-state index in [-0.39, 0.29) is 6.04 Å². The van der Waals surface area contributed by atoms with Crippen molar-refractivity contribution < 1.29 is 0 Å². The Morgan fingerprint density at radius 3 is 3.00 bits per heavy atom. The van der Waals surface area contributed by atoms with Gasteiger partial charge in [0.1, 0.15) is 5.69 Å². The van der Waals surface area contributed by atoms with Crippen molar-refractivity contribution in [3.63, 3.8) is 0 Å². The maximum Gasteiger partial charge on any atom is 0.105 e. The van der Waals surface area contributed by atoms with Gasteiger partial charge in [0.05, 0.1) is 17.9 Å². The number of nitrogens with zero attached hydrogens (tertiary/aromatic N) is 3. The van der Waals surface area contributed by atoms with Gasteiger partial charge < -0.3 is 5.73 Å². The smallest absolute Gasteiger partial charge is 0.105 e. The Kier molecular flexibility index (Phi) is 2.07. The Labute approximate surface area is 79.1 Å². The number of hydrogen-bond donors (Lipinski definition) is 2. The number of rotatable bonds is 2. The van der Waals surface area contributed by atoms with E-state index in [9.17, 15) is 0 Å². The van der Waals surface area contributed by atoms with Crippen LogP contribution in [-0.4, -0.2) is 19.8 Å². The van der Waals surface area contributed by atoms with Crippen LogP contribution in [0.15, 0.2) is 12.3 Å². The SMILES string of the molecule is Cc1cc(C(N)c2cn[nH]n2)sn1. The molecule has 0 aromatic carbocycles. The van der Waals surface area contributed by atoms with Crippen molar-refractivity contribution in [3.8, 4) is 0 Å². The highest BCUT2D eigenvalue weighted by molar-refractivity contribution is 7.05. The van der Waals surface area contributed by atoms with Crippen LogP contribution in [0.5, 0.6) is 0 Å². The fourth-order valence-electron chi connectivity index (χ4n) is 1.04. The summed E-state index contributed by atoms with van der Waals surface area (Å²) in [5.74, 6) is 0. The molecular weight excluding hydrogens is 186 g/mol. The van der Waals surface area contributed by atoms with Gasteiger partial charge in [-0.3, -0.25) is 0 Å². The number of aryl methyl sites for hydroxylation is 1. The summed E-state index contributed by atoms with van der Waals surface area (Å²) in [5.41, 5.74) is 7.65. The first-order chi connectivity index (χ1) is 6.27. The summed E-state index contributed by atoms with van der Waals surface area (Å²) < 4.78 is 4.15. The molecule has 0 saturated carbocycles. The van der Waals surface area contributed by atoms with E-state index < -0.39 is 0 Å². The summed E-state index contributed by atoms with van der Waals surface area (Å²) in [5, 5.41) is 10.2. The lowest BCUT2D eigenvalue weighted by atomic mass is 10.2. The second-order valence-electron chi connectivity index (χ2n) is 2.74. The summed E-state index contributed by atoms with van der Waals surface area (Å²) >= 11 is 1.40. The molecule has 3 N–H and O–H groups in total. The van der Waals surface area contributed by atoms with E-state index in [1.54, 1.807) is 6.20 Å². The summed E-state index contributed by atoms with van der Waals surface area (Å²) in [4.78, 5) is 1.01. The van der Waals surface area contributed by atoms with Crippen molar-refractivity contribution in [1.29, 1.82) is 0 Å². The van der Waals surface area contributed by atoms with E-state index in [0.717, 1.165) is 16.3 Å². The molecule has 1 unspecified atom stereocenters. The van der Waals surface area contributed by atoms with Gasteiger partial charge in [-0.15, -0.1) is 0 Å². The fourth-order valence-corrected chi connectivity index (χ4v) is 1.80.